The lowest BCUT2D eigenvalue weighted by molar-refractivity contribution is 0.336. The fraction of sp³-hybridized carbons (Fsp3) is 0.538. The van der Waals surface area contributed by atoms with Crippen molar-refractivity contribution in [1.29, 1.82) is 0 Å². The molecule has 1 aliphatic rings. The average molecular weight is 238 g/mol. The molecule has 0 spiro atoms. The molecule has 3 heteroatoms. The molecule has 1 heterocycles. The van der Waals surface area contributed by atoms with Gasteiger partial charge in [0, 0.05) is 5.92 Å². The van der Waals surface area contributed by atoms with Crippen molar-refractivity contribution in [3.05, 3.63) is 35.4 Å². The summed E-state index contributed by atoms with van der Waals surface area (Å²) in [6.45, 7) is 6.32. The second-order valence-electron chi connectivity index (χ2n) is 5.67. The van der Waals surface area contributed by atoms with Crippen LogP contribution in [0, 0.1) is 5.41 Å². The topological polar surface area (TPSA) is 34.1 Å². The van der Waals surface area contributed by atoms with Crippen LogP contribution in [0.2, 0.25) is 0 Å². The van der Waals surface area contributed by atoms with Crippen LogP contribution in [0.15, 0.2) is 24.3 Å². The standard InChI is InChI=1S/C13H18O2S/c1-13(2,3)12-9-16(14,15)8-10-6-4-5-7-11(10)12/h4-7,12H,8-9H2,1-3H3. The molecular weight excluding hydrogens is 220 g/mol. The van der Waals surface area contributed by atoms with Crippen LogP contribution in [0.3, 0.4) is 0 Å². The molecule has 16 heavy (non-hydrogen) atoms. The number of fused-ring (bicyclic) bond motifs is 1. The van der Waals surface area contributed by atoms with Gasteiger partial charge < -0.3 is 0 Å². The average Bonchev–Trinajstić information content (AvgIpc) is 2.13. The van der Waals surface area contributed by atoms with Gasteiger partial charge in [-0.25, -0.2) is 8.42 Å². The molecule has 1 aromatic rings. The Bertz CT molecular complexity index is 495. The minimum atomic E-state index is -2.93. The molecule has 1 unspecified atom stereocenters. The molecule has 0 saturated heterocycles. The zero-order chi connectivity index (χ0) is 12.0. The molecule has 0 N–H and O–H groups in total. The maximum absolute atomic E-state index is 11.9. The Labute approximate surface area is 97.6 Å². The lowest BCUT2D eigenvalue weighted by atomic mass is 9.76. The molecule has 1 atom stereocenters. The quantitative estimate of drug-likeness (QED) is 0.696. The molecule has 1 aromatic carbocycles. The summed E-state index contributed by atoms with van der Waals surface area (Å²) in [5.41, 5.74) is 2.18. The van der Waals surface area contributed by atoms with E-state index in [-0.39, 0.29) is 22.8 Å². The normalized spacial score (nSPS) is 23.8. The van der Waals surface area contributed by atoms with Gasteiger partial charge in [0.25, 0.3) is 0 Å². The molecule has 0 aromatic heterocycles. The van der Waals surface area contributed by atoms with E-state index < -0.39 is 9.84 Å². The predicted octanol–water partition coefficient (Wildman–Crippen LogP) is 2.74. The van der Waals surface area contributed by atoms with Crippen LogP contribution in [0.25, 0.3) is 0 Å². The second-order valence-corrected chi connectivity index (χ2v) is 7.78. The summed E-state index contributed by atoms with van der Waals surface area (Å²) in [5, 5.41) is 0. The van der Waals surface area contributed by atoms with E-state index in [9.17, 15) is 8.42 Å². The number of sulfone groups is 1. The molecule has 0 aliphatic carbocycles. The molecule has 2 nitrogen and oxygen atoms in total. The predicted molar refractivity (Wildman–Crippen MR) is 66.1 cm³/mol. The molecule has 0 saturated carbocycles. The summed E-state index contributed by atoms with van der Waals surface area (Å²) in [5.74, 6) is 0.603. The SMILES string of the molecule is CC(C)(C)C1CS(=O)(=O)Cc2ccccc21. The Morgan fingerprint density at radius 3 is 2.44 bits per heavy atom. The lowest BCUT2D eigenvalue weighted by Crippen LogP contribution is -2.31. The van der Waals surface area contributed by atoms with E-state index in [0.29, 0.717) is 0 Å². The Kier molecular flexibility index (Phi) is 2.61. The number of hydrogen-bond donors (Lipinski definition) is 0. The molecule has 2 rings (SSSR count). The van der Waals surface area contributed by atoms with Gasteiger partial charge in [0.05, 0.1) is 11.5 Å². The summed E-state index contributed by atoms with van der Waals surface area (Å²) < 4.78 is 23.7. The number of benzene rings is 1. The molecule has 0 amide bonds. The van der Waals surface area contributed by atoms with Gasteiger partial charge in [-0.15, -0.1) is 0 Å². The summed E-state index contributed by atoms with van der Waals surface area (Å²) >= 11 is 0. The summed E-state index contributed by atoms with van der Waals surface area (Å²) in [7, 11) is -2.93. The first-order valence-electron chi connectivity index (χ1n) is 5.58. The van der Waals surface area contributed by atoms with Crippen LogP contribution >= 0.6 is 0 Å². The van der Waals surface area contributed by atoms with Gasteiger partial charge in [0.2, 0.25) is 0 Å². The zero-order valence-electron chi connectivity index (χ0n) is 10.0. The zero-order valence-corrected chi connectivity index (χ0v) is 10.8. The van der Waals surface area contributed by atoms with E-state index in [4.69, 9.17) is 0 Å². The fourth-order valence-corrected chi connectivity index (χ4v) is 4.40. The van der Waals surface area contributed by atoms with Gasteiger partial charge in [-0.1, -0.05) is 45.0 Å². The minimum absolute atomic E-state index is 0.0103. The fourth-order valence-electron chi connectivity index (χ4n) is 2.36. The molecule has 88 valence electrons. The Balaban J connectivity index is 2.57. The smallest absolute Gasteiger partial charge is 0.155 e. The maximum atomic E-state index is 11.9. The van der Waals surface area contributed by atoms with Crippen LogP contribution in [0.5, 0.6) is 0 Å². The Morgan fingerprint density at radius 1 is 1.19 bits per heavy atom. The van der Waals surface area contributed by atoms with Gasteiger partial charge in [-0.2, -0.15) is 0 Å². The number of hydrogen-bond acceptors (Lipinski definition) is 2. The highest BCUT2D eigenvalue weighted by Crippen LogP contribution is 2.41. The largest absolute Gasteiger partial charge is 0.228 e. The van der Waals surface area contributed by atoms with E-state index in [1.165, 1.54) is 5.56 Å². The highest BCUT2D eigenvalue weighted by atomic mass is 32.2. The lowest BCUT2D eigenvalue weighted by Gasteiger charge is -2.35. The van der Waals surface area contributed by atoms with Gasteiger partial charge >= 0.3 is 0 Å². The van der Waals surface area contributed by atoms with Crippen molar-refractivity contribution in [2.75, 3.05) is 5.75 Å². The van der Waals surface area contributed by atoms with Crippen LogP contribution in [-0.2, 0) is 15.6 Å². The number of rotatable bonds is 0. The molecule has 0 fully saturated rings. The van der Waals surface area contributed by atoms with Crippen molar-refractivity contribution in [2.45, 2.75) is 32.4 Å². The highest BCUT2D eigenvalue weighted by molar-refractivity contribution is 7.90. The van der Waals surface area contributed by atoms with Crippen molar-refractivity contribution in [3.63, 3.8) is 0 Å². The molecule has 0 bridgehead atoms. The van der Waals surface area contributed by atoms with Crippen LogP contribution < -0.4 is 0 Å². The van der Waals surface area contributed by atoms with E-state index >= 15 is 0 Å². The van der Waals surface area contributed by atoms with Crippen LogP contribution in [-0.4, -0.2) is 14.2 Å². The first-order valence-corrected chi connectivity index (χ1v) is 7.40. The Hall–Kier alpha value is -0.830. The first-order chi connectivity index (χ1) is 7.30. The van der Waals surface area contributed by atoms with E-state index in [1.807, 2.05) is 18.2 Å². The van der Waals surface area contributed by atoms with Gasteiger partial charge in [0.1, 0.15) is 0 Å². The minimum Gasteiger partial charge on any atom is -0.228 e. The third kappa shape index (κ3) is 2.14. The monoisotopic (exact) mass is 238 g/mol. The van der Waals surface area contributed by atoms with Crippen molar-refractivity contribution < 1.29 is 8.42 Å². The van der Waals surface area contributed by atoms with Crippen LogP contribution in [0.4, 0.5) is 0 Å². The van der Waals surface area contributed by atoms with Crippen molar-refractivity contribution in [3.8, 4) is 0 Å². The van der Waals surface area contributed by atoms with E-state index in [0.717, 1.165) is 5.56 Å². The van der Waals surface area contributed by atoms with Crippen LogP contribution in [0.1, 0.15) is 37.8 Å². The third-order valence-electron chi connectivity index (χ3n) is 3.27. The van der Waals surface area contributed by atoms with Gasteiger partial charge in [0.15, 0.2) is 9.84 Å². The summed E-state index contributed by atoms with van der Waals surface area (Å²) in [6, 6.07) is 7.92. The second kappa shape index (κ2) is 3.59. The molecule has 0 radical (unpaired) electrons. The van der Waals surface area contributed by atoms with Crippen molar-refractivity contribution in [2.24, 2.45) is 5.41 Å². The molecule has 1 aliphatic heterocycles. The Morgan fingerprint density at radius 2 is 1.81 bits per heavy atom. The van der Waals surface area contributed by atoms with Gasteiger partial charge in [-0.05, 0) is 16.5 Å². The summed E-state index contributed by atoms with van der Waals surface area (Å²) in [4.78, 5) is 0. The highest BCUT2D eigenvalue weighted by Gasteiger charge is 2.36. The maximum Gasteiger partial charge on any atom is 0.155 e. The van der Waals surface area contributed by atoms with Crippen molar-refractivity contribution >= 4 is 9.84 Å². The first kappa shape index (κ1) is 11.6. The summed E-state index contributed by atoms with van der Waals surface area (Å²) in [6.07, 6.45) is 0. The molecular formula is C13H18O2S. The van der Waals surface area contributed by atoms with Crippen molar-refractivity contribution in [1.82, 2.24) is 0 Å². The van der Waals surface area contributed by atoms with E-state index in [2.05, 4.69) is 26.8 Å². The third-order valence-corrected chi connectivity index (χ3v) is 4.86. The van der Waals surface area contributed by atoms with E-state index in [1.54, 1.807) is 0 Å². The van der Waals surface area contributed by atoms with Gasteiger partial charge in [-0.3, -0.25) is 0 Å².